The van der Waals surface area contributed by atoms with Gasteiger partial charge in [-0.05, 0) is 238 Å². The molecule has 0 bridgehead atoms. The summed E-state index contributed by atoms with van der Waals surface area (Å²) in [5.41, 5.74) is 33.6. The van der Waals surface area contributed by atoms with Crippen molar-refractivity contribution in [3.05, 3.63) is 262 Å². The van der Waals surface area contributed by atoms with E-state index in [1.54, 1.807) is 0 Å². The number of hydrogen-bond acceptors (Lipinski definition) is 6. The second-order valence-electron chi connectivity index (χ2n) is 31.3. The van der Waals surface area contributed by atoms with Crippen molar-refractivity contribution < 1.29 is 9.47 Å². The van der Waals surface area contributed by atoms with Gasteiger partial charge in [0.05, 0.1) is 22.7 Å². The van der Waals surface area contributed by atoms with Crippen molar-refractivity contribution in [1.82, 2.24) is 0 Å². The first-order valence-corrected chi connectivity index (χ1v) is 34.9. The molecule has 6 nitrogen and oxygen atoms in total. The zero-order valence-electron chi connectivity index (χ0n) is 58.2. The number of benzene rings is 11. The van der Waals surface area contributed by atoms with Gasteiger partial charge in [-0.3, -0.25) is 0 Å². The Bertz CT molecular complexity index is 4760. The van der Waals surface area contributed by atoms with E-state index in [9.17, 15) is 0 Å². The van der Waals surface area contributed by atoms with Crippen LogP contribution in [0.3, 0.4) is 0 Å². The summed E-state index contributed by atoms with van der Waals surface area (Å²) in [5.74, 6) is 3.27. The largest absolute Gasteiger partial charge is 0.458 e. The van der Waals surface area contributed by atoms with E-state index in [-0.39, 0.29) is 35.1 Å². The van der Waals surface area contributed by atoms with Crippen LogP contribution in [0.15, 0.2) is 206 Å². The van der Waals surface area contributed by atoms with E-state index >= 15 is 0 Å². The average molecular weight is 1250 g/mol. The summed E-state index contributed by atoms with van der Waals surface area (Å²) < 4.78 is 15.6. The number of para-hydroxylation sites is 6. The van der Waals surface area contributed by atoms with Crippen LogP contribution < -0.4 is 61.9 Å². The number of ether oxygens (including phenoxy) is 2. The van der Waals surface area contributed by atoms with Crippen LogP contribution in [0.2, 0.25) is 0 Å². The second kappa shape index (κ2) is 21.4. The molecule has 0 radical (unpaired) electrons. The van der Waals surface area contributed by atoms with E-state index in [1.807, 2.05) is 0 Å². The van der Waals surface area contributed by atoms with E-state index in [0.717, 1.165) is 127 Å². The molecule has 11 aromatic carbocycles. The first-order chi connectivity index (χ1) is 46.1. The smallest absolute Gasteiger partial charge is 0.256 e. The molecular formula is C88H84B2N4O2. The first-order valence-electron chi connectivity index (χ1n) is 34.9. The lowest BCUT2D eigenvalue weighted by Crippen LogP contribution is -2.63. The number of fused-ring (bicyclic) bond motifs is 10. The van der Waals surface area contributed by atoms with Crippen molar-refractivity contribution in [3.63, 3.8) is 0 Å². The molecule has 96 heavy (non-hydrogen) atoms. The zero-order valence-corrected chi connectivity index (χ0v) is 58.2. The molecule has 2 aliphatic carbocycles. The third kappa shape index (κ3) is 9.06. The number of nitrogens with zero attached hydrogens (tertiary/aromatic N) is 4. The van der Waals surface area contributed by atoms with Crippen LogP contribution in [-0.4, -0.2) is 13.4 Å². The van der Waals surface area contributed by atoms with Gasteiger partial charge < -0.3 is 29.1 Å². The van der Waals surface area contributed by atoms with Crippen LogP contribution in [0, 0.1) is 41.5 Å². The van der Waals surface area contributed by atoms with Gasteiger partial charge in [0.1, 0.15) is 23.0 Å². The topological polar surface area (TPSA) is 31.4 Å². The van der Waals surface area contributed by atoms with Crippen molar-refractivity contribution in [2.75, 3.05) is 19.6 Å². The molecule has 0 spiro atoms. The number of anilines is 12. The fourth-order valence-corrected chi connectivity index (χ4v) is 17.8. The van der Waals surface area contributed by atoms with Gasteiger partial charge in [0, 0.05) is 63.7 Å². The van der Waals surface area contributed by atoms with E-state index in [2.05, 4.69) is 323 Å². The van der Waals surface area contributed by atoms with Crippen molar-refractivity contribution in [2.24, 2.45) is 0 Å². The fourth-order valence-electron chi connectivity index (χ4n) is 17.8. The minimum Gasteiger partial charge on any atom is -0.458 e. The molecule has 4 aliphatic heterocycles. The van der Waals surface area contributed by atoms with Gasteiger partial charge in [0.25, 0.3) is 13.4 Å². The third-order valence-electron chi connectivity index (χ3n) is 23.2. The van der Waals surface area contributed by atoms with E-state index in [1.165, 1.54) is 77.9 Å². The second-order valence-corrected chi connectivity index (χ2v) is 31.3. The molecule has 6 aliphatic rings. The standard InChI is InChI=1S/C88H84B2N4O2/c1-53-25-15-19-33-71(53)93(83-55(3)27-23-28-56(83)4)61-47-75-81-79(49-61)95-77-52-78-70(51-69(77)89(81)67-31-17-21-35-73(67)91(75)59-37-39-63-65(45-59)87(11,12)43-41-85(63,7)8)90-68-32-18-22-36-74(68)92(60-38-40-64-66(46-60)88(13,14)44-42-86(64,9)10)76-48-62(50-80(96-78)82(76)90)94(72-34-20-16-26-54(72)2)84-57(5)29-24-30-58(84)6/h15-40,45-52H,41-44H2,1-14H3. The van der Waals surface area contributed by atoms with E-state index in [0.29, 0.717) is 0 Å². The Morgan fingerprint density at radius 3 is 1.06 bits per heavy atom. The molecule has 0 amide bonds. The molecule has 11 aromatic rings. The lowest BCUT2D eigenvalue weighted by Gasteiger charge is -2.45. The number of hydrogen-bond donors (Lipinski definition) is 0. The Morgan fingerprint density at radius 1 is 0.312 bits per heavy atom. The molecule has 0 unspecified atom stereocenters. The maximum atomic E-state index is 7.78. The molecule has 474 valence electrons. The van der Waals surface area contributed by atoms with Gasteiger partial charge in [-0.25, -0.2) is 0 Å². The van der Waals surface area contributed by atoms with Crippen LogP contribution in [0.25, 0.3) is 0 Å². The van der Waals surface area contributed by atoms with Gasteiger partial charge in [-0.15, -0.1) is 0 Å². The highest BCUT2D eigenvalue weighted by molar-refractivity contribution is 7.02. The summed E-state index contributed by atoms with van der Waals surface area (Å²) in [6.07, 6.45) is 4.55. The van der Waals surface area contributed by atoms with Gasteiger partial charge >= 0.3 is 0 Å². The highest BCUT2D eigenvalue weighted by Crippen LogP contribution is 2.55. The predicted octanol–water partition coefficient (Wildman–Crippen LogP) is 20.0. The minimum absolute atomic E-state index is 0.00302. The van der Waals surface area contributed by atoms with E-state index in [4.69, 9.17) is 9.47 Å². The molecular weight excluding hydrogens is 1170 g/mol. The lowest BCUT2D eigenvalue weighted by atomic mass is 9.31. The normalized spacial score (nSPS) is 16.5. The van der Waals surface area contributed by atoms with Gasteiger partial charge in [0.2, 0.25) is 0 Å². The SMILES string of the molecule is Cc1ccccc1N(c1cc2c3c(c1)N(c1ccc4c(c1)C(C)(C)CCC4(C)C)c1ccccc1B3c1cc3c(cc1O2)Oc1cc(N(c2ccccc2C)c2c(C)cccc2C)cc2c1B3c1ccccc1N2c1ccc2c(c1)C(C)(C)CCC2(C)C)c1c(C)cccc1C. The van der Waals surface area contributed by atoms with Crippen LogP contribution in [-0.2, 0) is 21.7 Å². The quantitative estimate of drug-likeness (QED) is 0.141. The summed E-state index contributed by atoms with van der Waals surface area (Å²) in [6.45, 7) is 32.5. The molecule has 17 rings (SSSR count). The highest BCUT2D eigenvalue weighted by atomic mass is 16.5. The number of aryl methyl sites for hydroxylation is 6. The summed E-state index contributed by atoms with van der Waals surface area (Å²) >= 11 is 0. The van der Waals surface area contributed by atoms with Crippen LogP contribution in [0.4, 0.5) is 68.2 Å². The third-order valence-corrected chi connectivity index (χ3v) is 23.2. The van der Waals surface area contributed by atoms with Crippen LogP contribution >= 0.6 is 0 Å². The number of rotatable bonds is 8. The maximum absolute atomic E-state index is 7.78. The molecule has 0 fully saturated rings. The van der Waals surface area contributed by atoms with Crippen molar-refractivity contribution in [2.45, 2.75) is 144 Å². The molecule has 0 N–H and O–H groups in total. The predicted molar refractivity (Wildman–Crippen MR) is 407 cm³/mol. The Hall–Kier alpha value is -9.65. The Kier molecular flexibility index (Phi) is 13.4. The van der Waals surface area contributed by atoms with Gasteiger partial charge in [-0.2, -0.15) is 0 Å². The lowest BCUT2D eigenvalue weighted by molar-refractivity contribution is 0.332. The molecule has 0 atom stereocenters. The fraction of sp³-hybridized carbons (Fsp3) is 0.250. The average Bonchev–Trinajstić information content (AvgIpc) is 0.697. The summed E-state index contributed by atoms with van der Waals surface area (Å²) in [7, 11) is 0. The van der Waals surface area contributed by atoms with Crippen LogP contribution in [0.5, 0.6) is 23.0 Å². The Labute approximate surface area is 569 Å². The Morgan fingerprint density at radius 2 is 0.667 bits per heavy atom. The minimum atomic E-state index is -0.188. The summed E-state index contributed by atoms with van der Waals surface area (Å²) in [6, 6.07) is 78.4. The van der Waals surface area contributed by atoms with Gasteiger partial charge in [0.15, 0.2) is 0 Å². The van der Waals surface area contributed by atoms with Crippen LogP contribution in [0.1, 0.15) is 137 Å². The van der Waals surface area contributed by atoms with Crippen molar-refractivity contribution in [1.29, 1.82) is 0 Å². The molecule has 0 aromatic heterocycles. The maximum Gasteiger partial charge on any atom is 0.256 e. The first kappa shape index (κ1) is 60.0. The molecule has 0 saturated heterocycles. The monoisotopic (exact) mass is 1250 g/mol. The zero-order chi connectivity index (χ0) is 66.2. The van der Waals surface area contributed by atoms with E-state index < -0.39 is 0 Å². The van der Waals surface area contributed by atoms with Crippen molar-refractivity contribution in [3.8, 4) is 23.0 Å². The Balaban J connectivity index is 0.918. The van der Waals surface area contributed by atoms with Crippen molar-refractivity contribution >= 4 is 114 Å². The molecule has 8 heteroatoms. The molecule has 4 heterocycles. The summed E-state index contributed by atoms with van der Waals surface area (Å²) in [4.78, 5) is 10.1. The highest BCUT2D eigenvalue weighted by Gasteiger charge is 2.49. The van der Waals surface area contributed by atoms with Gasteiger partial charge in [-0.1, -0.05) is 183 Å². The molecule has 0 saturated carbocycles. The summed E-state index contributed by atoms with van der Waals surface area (Å²) in [5, 5.41) is 0.